The van der Waals surface area contributed by atoms with E-state index in [1.807, 2.05) is 0 Å². The van der Waals surface area contributed by atoms with Crippen molar-refractivity contribution >= 4 is 28.6 Å². The number of hydrogen-bond donors (Lipinski definition) is 1. The van der Waals surface area contributed by atoms with Gasteiger partial charge in [0.25, 0.3) is 0 Å². The molecule has 0 aromatic heterocycles. The van der Waals surface area contributed by atoms with E-state index in [1.165, 1.54) is 37.8 Å². The first-order valence-electron chi connectivity index (χ1n) is 7.90. The summed E-state index contributed by atoms with van der Waals surface area (Å²) >= 11 is 5.56. The third kappa shape index (κ3) is 3.95. The van der Waals surface area contributed by atoms with Crippen LogP contribution in [-0.4, -0.2) is 18.1 Å². The summed E-state index contributed by atoms with van der Waals surface area (Å²) < 4.78 is 0. The minimum atomic E-state index is 0.584. The van der Waals surface area contributed by atoms with Crippen LogP contribution in [0.3, 0.4) is 0 Å². The van der Waals surface area contributed by atoms with Crippen molar-refractivity contribution in [3.8, 4) is 0 Å². The van der Waals surface area contributed by atoms with Gasteiger partial charge in [0.15, 0.2) is 0 Å². The molecule has 1 fully saturated rings. The van der Waals surface area contributed by atoms with Crippen molar-refractivity contribution in [1.29, 1.82) is 0 Å². The molecule has 20 heavy (non-hydrogen) atoms. The van der Waals surface area contributed by atoms with Crippen molar-refractivity contribution in [1.82, 2.24) is 0 Å². The highest BCUT2D eigenvalue weighted by Crippen LogP contribution is 2.26. The molecule has 0 unspecified atom stereocenters. The van der Waals surface area contributed by atoms with Crippen molar-refractivity contribution in [3.05, 3.63) is 24.3 Å². The lowest BCUT2D eigenvalue weighted by Crippen LogP contribution is -2.23. The SMILES string of the molecule is CCN(CC)c1ccc(NC(=S)C2CCCCC2)cc1. The van der Waals surface area contributed by atoms with Crippen LogP contribution < -0.4 is 10.2 Å². The number of rotatable bonds is 5. The third-order valence-corrected chi connectivity index (χ3v) is 4.67. The third-order valence-electron chi connectivity index (χ3n) is 4.24. The molecular weight excluding hydrogens is 264 g/mol. The molecule has 1 saturated carbocycles. The van der Waals surface area contributed by atoms with Gasteiger partial charge in [0.2, 0.25) is 0 Å². The predicted molar refractivity (Wildman–Crippen MR) is 92.8 cm³/mol. The average Bonchev–Trinajstić information content (AvgIpc) is 2.51. The zero-order valence-electron chi connectivity index (χ0n) is 12.7. The fraction of sp³-hybridized carbons (Fsp3) is 0.588. The predicted octanol–water partition coefficient (Wildman–Crippen LogP) is 4.85. The highest BCUT2D eigenvalue weighted by atomic mass is 32.1. The Hall–Kier alpha value is -1.09. The molecule has 2 nitrogen and oxygen atoms in total. The zero-order chi connectivity index (χ0) is 14.4. The number of thiocarbonyl (C=S) groups is 1. The first kappa shape index (κ1) is 15.3. The lowest BCUT2D eigenvalue weighted by atomic mass is 9.89. The van der Waals surface area contributed by atoms with Crippen LogP contribution in [0.1, 0.15) is 46.0 Å². The van der Waals surface area contributed by atoms with Gasteiger partial charge >= 0.3 is 0 Å². The molecule has 0 bridgehead atoms. The fourth-order valence-electron chi connectivity index (χ4n) is 2.95. The first-order chi connectivity index (χ1) is 9.74. The second kappa shape index (κ2) is 7.63. The van der Waals surface area contributed by atoms with Crippen LogP contribution in [0, 0.1) is 5.92 Å². The summed E-state index contributed by atoms with van der Waals surface area (Å²) in [4.78, 5) is 3.38. The Morgan fingerprint density at radius 3 is 2.25 bits per heavy atom. The van der Waals surface area contributed by atoms with E-state index in [4.69, 9.17) is 12.2 Å². The molecule has 1 N–H and O–H groups in total. The quantitative estimate of drug-likeness (QED) is 0.780. The summed E-state index contributed by atoms with van der Waals surface area (Å²) in [5.74, 6) is 0.584. The van der Waals surface area contributed by atoms with Gasteiger partial charge in [-0.3, -0.25) is 0 Å². The van der Waals surface area contributed by atoms with E-state index in [0.717, 1.165) is 23.8 Å². The summed E-state index contributed by atoms with van der Waals surface area (Å²) in [6.07, 6.45) is 6.53. The second-order valence-electron chi connectivity index (χ2n) is 5.54. The number of nitrogens with one attached hydrogen (secondary N) is 1. The molecular formula is C17H26N2S. The van der Waals surface area contributed by atoms with E-state index in [2.05, 4.69) is 48.3 Å². The molecule has 3 heteroatoms. The Balaban J connectivity index is 1.94. The summed E-state index contributed by atoms with van der Waals surface area (Å²) in [5, 5.41) is 3.43. The Bertz CT molecular complexity index is 417. The molecule has 0 aliphatic heterocycles. The van der Waals surface area contributed by atoms with E-state index in [1.54, 1.807) is 0 Å². The zero-order valence-corrected chi connectivity index (χ0v) is 13.5. The average molecular weight is 290 g/mol. The molecule has 0 amide bonds. The van der Waals surface area contributed by atoms with E-state index in [0.29, 0.717) is 5.92 Å². The van der Waals surface area contributed by atoms with Gasteiger partial charge in [-0.2, -0.15) is 0 Å². The molecule has 1 aromatic rings. The fourth-order valence-corrected chi connectivity index (χ4v) is 3.31. The molecule has 0 spiro atoms. The number of nitrogens with zero attached hydrogens (tertiary/aromatic N) is 1. The first-order valence-corrected chi connectivity index (χ1v) is 8.31. The number of hydrogen-bond acceptors (Lipinski definition) is 2. The topological polar surface area (TPSA) is 15.3 Å². The lowest BCUT2D eigenvalue weighted by Gasteiger charge is -2.24. The number of anilines is 2. The van der Waals surface area contributed by atoms with Crippen LogP contribution in [0.4, 0.5) is 11.4 Å². The van der Waals surface area contributed by atoms with Crippen LogP contribution in [0.15, 0.2) is 24.3 Å². The minimum Gasteiger partial charge on any atom is -0.372 e. The minimum absolute atomic E-state index is 0.584. The van der Waals surface area contributed by atoms with Crippen LogP contribution in [0.25, 0.3) is 0 Å². The van der Waals surface area contributed by atoms with Gasteiger partial charge in [-0.05, 0) is 51.0 Å². The molecule has 1 aliphatic carbocycles. The Morgan fingerprint density at radius 2 is 1.70 bits per heavy atom. The summed E-state index contributed by atoms with van der Waals surface area (Å²) in [5.41, 5.74) is 2.40. The van der Waals surface area contributed by atoms with Gasteiger partial charge < -0.3 is 10.2 Å². The van der Waals surface area contributed by atoms with Gasteiger partial charge in [-0.15, -0.1) is 0 Å². The molecule has 110 valence electrons. The van der Waals surface area contributed by atoms with Crippen LogP contribution in [0.5, 0.6) is 0 Å². The van der Waals surface area contributed by atoms with Gasteiger partial charge in [0.05, 0.1) is 4.99 Å². The Labute approximate surface area is 128 Å². The molecule has 1 aliphatic rings. The van der Waals surface area contributed by atoms with E-state index in [9.17, 15) is 0 Å². The summed E-state index contributed by atoms with van der Waals surface area (Å²) in [6, 6.07) is 8.64. The molecule has 2 rings (SSSR count). The highest BCUT2D eigenvalue weighted by molar-refractivity contribution is 7.80. The molecule has 0 heterocycles. The molecule has 0 saturated heterocycles. The van der Waals surface area contributed by atoms with Crippen molar-refractivity contribution in [2.24, 2.45) is 5.92 Å². The van der Waals surface area contributed by atoms with Gasteiger partial charge in [-0.1, -0.05) is 31.5 Å². The Morgan fingerprint density at radius 1 is 1.10 bits per heavy atom. The van der Waals surface area contributed by atoms with Crippen LogP contribution in [0.2, 0.25) is 0 Å². The van der Waals surface area contributed by atoms with Crippen molar-refractivity contribution in [2.45, 2.75) is 46.0 Å². The van der Waals surface area contributed by atoms with Crippen molar-refractivity contribution < 1.29 is 0 Å². The van der Waals surface area contributed by atoms with E-state index in [-0.39, 0.29) is 0 Å². The largest absolute Gasteiger partial charge is 0.372 e. The van der Waals surface area contributed by atoms with E-state index < -0.39 is 0 Å². The maximum Gasteiger partial charge on any atom is 0.0828 e. The lowest BCUT2D eigenvalue weighted by molar-refractivity contribution is 0.442. The van der Waals surface area contributed by atoms with Gasteiger partial charge in [0.1, 0.15) is 0 Å². The highest BCUT2D eigenvalue weighted by Gasteiger charge is 2.17. The van der Waals surface area contributed by atoms with Gasteiger partial charge in [-0.25, -0.2) is 0 Å². The van der Waals surface area contributed by atoms with Crippen LogP contribution in [-0.2, 0) is 0 Å². The Kier molecular flexibility index (Phi) is 5.84. The van der Waals surface area contributed by atoms with E-state index >= 15 is 0 Å². The van der Waals surface area contributed by atoms with Gasteiger partial charge in [0, 0.05) is 30.4 Å². The molecule has 0 radical (unpaired) electrons. The van der Waals surface area contributed by atoms with Crippen LogP contribution >= 0.6 is 12.2 Å². The maximum atomic E-state index is 5.56. The van der Waals surface area contributed by atoms with Crippen molar-refractivity contribution in [3.63, 3.8) is 0 Å². The summed E-state index contributed by atoms with van der Waals surface area (Å²) in [7, 11) is 0. The normalized spacial score (nSPS) is 15.9. The monoisotopic (exact) mass is 290 g/mol. The summed E-state index contributed by atoms with van der Waals surface area (Å²) in [6.45, 7) is 6.47. The standard InChI is InChI=1S/C17H26N2S/c1-3-19(4-2)16-12-10-15(11-13-16)18-17(20)14-8-6-5-7-9-14/h10-14H,3-9H2,1-2H3,(H,18,20). The van der Waals surface area contributed by atoms with Crippen molar-refractivity contribution in [2.75, 3.05) is 23.3 Å². The molecule has 0 atom stereocenters. The maximum absolute atomic E-state index is 5.56. The smallest absolute Gasteiger partial charge is 0.0828 e. The second-order valence-corrected chi connectivity index (χ2v) is 5.98. The molecule has 1 aromatic carbocycles. The number of benzene rings is 1.